The van der Waals surface area contributed by atoms with Gasteiger partial charge in [0.1, 0.15) is 16.5 Å². The third kappa shape index (κ3) is 2.71. The van der Waals surface area contributed by atoms with E-state index < -0.39 is 0 Å². The number of hydrogen-bond acceptors (Lipinski definition) is 6. The summed E-state index contributed by atoms with van der Waals surface area (Å²) in [5, 5.41) is 9.19. The van der Waals surface area contributed by atoms with E-state index in [0.717, 1.165) is 10.8 Å². The van der Waals surface area contributed by atoms with Crippen molar-refractivity contribution in [3.05, 3.63) is 27.7 Å². The Kier molecular flexibility index (Phi) is 3.68. The van der Waals surface area contributed by atoms with E-state index in [1.54, 1.807) is 12.4 Å². The van der Waals surface area contributed by atoms with Gasteiger partial charge in [-0.15, -0.1) is 11.3 Å². The second-order valence-corrected chi connectivity index (χ2v) is 4.77. The number of carbonyl (C=O) groups is 1. The van der Waals surface area contributed by atoms with Crippen molar-refractivity contribution >= 4 is 17.2 Å². The van der Waals surface area contributed by atoms with Crippen molar-refractivity contribution in [2.45, 2.75) is 20.0 Å². The number of nitrogens with two attached hydrogens (primary N) is 1. The molecule has 0 fully saturated rings. The summed E-state index contributed by atoms with van der Waals surface area (Å²) in [5.41, 5.74) is 5.88. The van der Waals surface area contributed by atoms with E-state index in [2.05, 4.69) is 20.2 Å². The normalized spacial score (nSPS) is 10.6. The van der Waals surface area contributed by atoms with E-state index in [1.165, 1.54) is 16.2 Å². The average molecular weight is 266 g/mol. The Morgan fingerprint density at radius 1 is 1.56 bits per heavy atom. The number of rotatable bonds is 4. The second kappa shape index (κ2) is 5.23. The largest absolute Gasteiger partial charge is 0.333 e. The first-order valence-corrected chi connectivity index (χ1v) is 6.26. The number of aryl methyl sites for hydroxylation is 1. The van der Waals surface area contributed by atoms with Crippen LogP contribution in [0, 0.1) is 6.92 Å². The van der Waals surface area contributed by atoms with Gasteiger partial charge in [0, 0.05) is 19.0 Å². The summed E-state index contributed by atoms with van der Waals surface area (Å²) in [7, 11) is 1.69. The van der Waals surface area contributed by atoms with Crippen LogP contribution in [0.1, 0.15) is 27.1 Å². The molecular formula is C10H14N6OS. The average Bonchev–Trinajstić information content (AvgIpc) is 2.97. The van der Waals surface area contributed by atoms with Crippen LogP contribution in [0.2, 0.25) is 0 Å². The summed E-state index contributed by atoms with van der Waals surface area (Å²) in [6.45, 7) is 2.51. The summed E-state index contributed by atoms with van der Waals surface area (Å²) in [5.74, 6) is 1.15. The van der Waals surface area contributed by atoms with Crippen molar-refractivity contribution in [1.82, 2.24) is 25.1 Å². The smallest absolute Gasteiger partial charge is 0.273 e. The Balaban J connectivity index is 2.04. The van der Waals surface area contributed by atoms with Crippen LogP contribution >= 0.6 is 11.3 Å². The molecule has 2 aromatic rings. The highest BCUT2D eigenvalue weighted by Crippen LogP contribution is 2.11. The molecule has 0 bridgehead atoms. The van der Waals surface area contributed by atoms with Gasteiger partial charge in [-0.1, -0.05) is 0 Å². The van der Waals surface area contributed by atoms with Gasteiger partial charge in [0.25, 0.3) is 5.91 Å². The summed E-state index contributed by atoms with van der Waals surface area (Å²) in [6.07, 6.45) is 0. The lowest BCUT2D eigenvalue weighted by atomic mass is 10.4. The Hall–Kier alpha value is -1.80. The van der Waals surface area contributed by atoms with Gasteiger partial charge in [0.15, 0.2) is 5.82 Å². The van der Waals surface area contributed by atoms with E-state index in [0.29, 0.717) is 24.6 Å². The molecule has 2 heterocycles. The number of hydrogen-bond donors (Lipinski definition) is 2. The molecule has 7 nitrogen and oxygen atoms in total. The number of thiazole rings is 1. The molecular weight excluding hydrogens is 252 g/mol. The topological polar surface area (TPSA) is 101 Å². The number of carbonyl (C=O) groups excluding carboxylic acids is 1. The number of amides is 1. The quantitative estimate of drug-likeness (QED) is 0.829. The molecule has 2 aromatic heterocycles. The molecule has 1 amide bonds. The Morgan fingerprint density at radius 2 is 2.33 bits per heavy atom. The number of aromatic nitrogens is 4. The maximum Gasteiger partial charge on any atom is 0.273 e. The first-order valence-electron chi connectivity index (χ1n) is 5.38. The zero-order chi connectivity index (χ0) is 13.1. The molecule has 96 valence electrons. The lowest BCUT2D eigenvalue weighted by molar-refractivity contribution is 0.0776. The number of H-pyrrole nitrogens is 1. The third-order valence-electron chi connectivity index (χ3n) is 2.31. The van der Waals surface area contributed by atoms with Crippen LogP contribution in [0.4, 0.5) is 0 Å². The fourth-order valence-corrected chi connectivity index (χ4v) is 2.09. The van der Waals surface area contributed by atoms with Crippen LogP contribution in [0.25, 0.3) is 0 Å². The Labute approximate surface area is 108 Å². The zero-order valence-corrected chi connectivity index (χ0v) is 11.0. The molecule has 0 radical (unpaired) electrons. The highest BCUT2D eigenvalue weighted by molar-refractivity contribution is 7.09. The van der Waals surface area contributed by atoms with Crippen LogP contribution in [-0.4, -0.2) is 38.0 Å². The van der Waals surface area contributed by atoms with Crippen molar-refractivity contribution in [1.29, 1.82) is 0 Å². The third-order valence-corrected chi connectivity index (χ3v) is 3.19. The number of aromatic amines is 1. The Morgan fingerprint density at radius 3 is 2.89 bits per heavy atom. The van der Waals surface area contributed by atoms with Crippen molar-refractivity contribution in [2.75, 3.05) is 7.05 Å². The van der Waals surface area contributed by atoms with E-state index in [4.69, 9.17) is 5.73 Å². The molecule has 18 heavy (non-hydrogen) atoms. The van der Waals surface area contributed by atoms with Crippen LogP contribution in [0.3, 0.4) is 0 Å². The van der Waals surface area contributed by atoms with Crippen LogP contribution < -0.4 is 5.73 Å². The summed E-state index contributed by atoms with van der Waals surface area (Å²) in [6, 6.07) is 0. The molecule has 0 spiro atoms. The predicted molar refractivity (Wildman–Crippen MR) is 66.9 cm³/mol. The van der Waals surface area contributed by atoms with Crippen molar-refractivity contribution < 1.29 is 4.79 Å². The molecule has 0 saturated carbocycles. The van der Waals surface area contributed by atoms with Crippen LogP contribution in [0.15, 0.2) is 5.38 Å². The number of nitrogens with zero attached hydrogens (tertiary/aromatic N) is 4. The van der Waals surface area contributed by atoms with Crippen LogP contribution in [0.5, 0.6) is 0 Å². The summed E-state index contributed by atoms with van der Waals surface area (Å²) >= 11 is 1.38. The predicted octanol–water partition coefficient (Wildman–Crippen LogP) is 0.301. The fraction of sp³-hybridized carbons (Fsp3) is 0.400. The molecule has 0 unspecified atom stereocenters. The number of nitrogens with one attached hydrogen (secondary N) is 1. The SMILES string of the molecule is Cc1nc(CN(C)C(=O)c2csc(CN)n2)n[nH]1. The molecule has 0 saturated heterocycles. The first kappa shape index (κ1) is 12.7. The van der Waals surface area contributed by atoms with Gasteiger partial charge < -0.3 is 10.6 Å². The molecule has 0 aromatic carbocycles. The van der Waals surface area contributed by atoms with E-state index in [1.807, 2.05) is 6.92 Å². The highest BCUT2D eigenvalue weighted by Gasteiger charge is 2.16. The fourth-order valence-electron chi connectivity index (χ4n) is 1.44. The zero-order valence-electron chi connectivity index (χ0n) is 10.2. The van der Waals surface area contributed by atoms with Gasteiger partial charge in [-0.25, -0.2) is 9.97 Å². The van der Waals surface area contributed by atoms with Crippen molar-refractivity contribution in [3.63, 3.8) is 0 Å². The molecule has 8 heteroatoms. The minimum Gasteiger partial charge on any atom is -0.333 e. The van der Waals surface area contributed by atoms with Crippen molar-refractivity contribution in [3.8, 4) is 0 Å². The van der Waals surface area contributed by atoms with Gasteiger partial charge in [0.05, 0.1) is 6.54 Å². The van der Waals surface area contributed by atoms with E-state index >= 15 is 0 Å². The maximum atomic E-state index is 12.0. The lowest BCUT2D eigenvalue weighted by Crippen LogP contribution is -2.27. The first-order chi connectivity index (χ1) is 8.60. The molecule has 0 aliphatic rings. The van der Waals surface area contributed by atoms with Crippen molar-refractivity contribution in [2.24, 2.45) is 5.73 Å². The van der Waals surface area contributed by atoms with E-state index in [9.17, 15) is 4.79 Å². The van der Waals surface area contributed by atoms with Gasteiger partial charge in [-0.05, 0) is 6.92 Å². The Bertz CT molecular complexity index is 548. The molecule has 3 N–H and O–H groups in total. The summed E-state index contributed by atoms with van der Waals surface area (Å²) < 4.78 is 0. The van der Waals surface area contributed by atoms with Crippen LogP contribution in [-0.2, 0) is 13.1 Å². The standard InChI is InChI=1S/C10H14N6OS/c1-6-12-8(15-14-6)4-16(2)10(17)7-5-18-9(3-11)13-7/h5H,3-4,11H2,1-2H3,(H,12,14,15). The molecule has 0 aliphatic heterocycles. The van der Waals surface area contributed by atoms with Gasteiger partial charge in [0.2, 0.25) is 0 Å². The molecule has 0 aliphatic carbocycles. The molecule has 0 atom stereocenters. The monoisotopic (exact) mass is 266 g/mol. The highest BCUT2D eigenvalue weighted by atomic mass is 32.1. The van der Waals surface area contributed by atoms with Gasteiger partial charge in [-0.2, -0.15) is 5.10 Å². The summed E-state index contributed by atoms with van der Waals surface area (Å²) in [4.78, 5) is 21.9. The molecule has 2 rings (SSSR count). The van der Waals surface area contributed by atoms with E-state index in [-0.39, 0.29) is 5.91 Å². The minimum absolute atomic E-state index is 0.159. The van der Waals surface area contributed by atoms with Gasteiger partial charge >= 0.3 is 0 Å². The lowest BCUT2D eigenvalue weighted by Gasteiger charge is -2.13. The second-order valence-electron chi connectivity index (χ2n) is 3.83. The van der Waals surface area contributed by atoms with Gasteiger partial charge in [-0.3, -0.25) is 9.89 Å². The maximum absolute atomic E-state index is 12.0. The minimum atomic E-state index is -0.159.